The number of amides is 1. The van der Waals surface area contributed by atoms with E-state index in [1.807, 2.05) is 11.9 Å². The van der Waals surface area contributed by atoms with E-state index in [1.54, 1.807) is 0 Å². The summed E-state index contributed by atoms with van der Waals surface area (Å²) in [6, 6.07) is 0. The first-order valence-corrected chi connectivity index (χ1v) is 9.46. The molecule has 2 nitrogen and oxygen atoms in total. The molecule has 0 spiro atoms. The zero-order valence-corrected chi connectivity index (χ0v) is 15.0. The molecule has 0 unspecified atom stereocenters. The fraction of sp³-hybridized carbons (Fsp3) is 0.947. The van der Waals surface area contributed by atoms with Crippen LogP contribution in [0.15, 0.2) is 0 Å². The monoisotopic (exact) mass is 297 g/mol. The number of carbonyl (C=O) groups is 1. The van der Waals surface area contributed by atoms with Gasteiger partial charge in [0, 0.05) is 20.0 Å². The largest absolute Gasteiger partial charge is 0.346 e. The lowest BCUT2D eigenvalue weighted by atomic mass is 10.1. The minimum absolute atomic E-state index is 0.345. The average molecular weight is 298 g/mol. The Labute approximate surface area is 133 Å². The molecule has 2 heteroatoms. The van der Waals surface area contributed by atoms with E-state index in [-0.39, 0.29) is 0 Å². The molecule has 0 bridgehead atoms. The first-order valence-electron chi connectivity index (χ1n) is 9.46. The number of nitrogens with zero attached hydrogens (tertiary/aromatic N) is 1. The van der Waals surface area contributed by atoms with Crippen molar-refractivity contribution in [2.24, 2.45) is 0 Å². The molecule has 0 aliphatic rings. The second-order valence-electron chi connectivity index (χ2n) is 6.45. The zero-order chi connectivity index (χ0) is 15.8. The first-order chi connectivity index (χ1) is 10.2. The van der Waals surface area contributed by atoms with Gasteiger partial charge in [-0.3, -0.25) is 4.79 Å². The average Bonchev–Trinajstić information content (AvgIpc) is 2.49. The summed E-state index contributed by atoms with van der Waals surface area (Å²) in [5.74, 6) is 0.345. The van der Waals surface area contributed by atoms with Gasteiger partial charge in [0.1, 0.15) is 0 Å². The van der Waals surface area contributed by atoms with Gasteiger partial charge in [-0.2, -0.15) is 0 Å². The summed E-state index contributed by atoms with van der Waals surface area (Å²) in [5.41, 5.74) is 0. The molecule has 126 valence electrons. The molecule has 0 aromatic carbocycles. The van der Waals surface area contributed by atoms with Crippen LogP contribution in [0.5, 0.6) is 0 Å². The van der Waals surface area contributed by atoms with Crippen molar-refractivity contribution in [1.29, 1.82) is 0 Å². The van der Waals surface area contributed by atoms with E-state index in [0.29, 0.717) is 5.91 Å². The number of hydrogen-bond acceptors (Lipinski definition) is 1. The van der Waals surface area contributed by atoms with Gasteiger partial charge in [-0.15, -0.1) is 0 Å². The van der Waals surface area contributed by atoms with E-state index < -0.39 is 0 Å². The van der Waals surface area contributed by atoms with Crippen LogP contribution in [-0.2, 0) is 4.79 Å². The van der Waals surface area contributed by atoms with Crippen LogP contribution in [0.3, 0.4) is 0 Å². The second kappa shape index (κ2) is 15.9. The quantitative estimate of drug-likeness (QED) is 0.342. The van der Waals surface area contributed by atoms with Gasteiger partial charge in [0.15, 0.2) is 0 Å². The summed E-state index contributed by atoms with van der Waals surface area (Å²) in [6.45, 7) is 5.44. The van der Waals surface area contributed by atoms with Gasteiger partial charge in [-0.05, 0) is 12.8 Å². The van der Waals surface area contributed by atoms with E-state index >= 15 is 0 Å². The molecule has 0 N–H and O–H groups in total. The third kappa shape index (κ3) is 14.2. The lowest BCUT2D eigenvalue weighted by Crippen LogP contribution is -2.27. The maximum Gasteiger partial charge on any atom is 0.222 e. The topological polar surface area (TPSA) is 20.3 Å². The maximum atomic E-state index is 12.0. The van der Waals surface area contributed by atoms with Crippen molar-refractivity contribution in [2.75, 3.05) is 13.6 Å². The molecule has 0 aliphatic carbocycles. The Morgan fingerprint density at radius 1 is 0.667 bits per heavy atom. The normalized spacial score (nSPS) is 10.8. The highest BCUT2D eigenvalue weighted by Crippen LogP contribution is 2.10. The van der Waals surface area contributed by atoms with Gasteiger partial charge in [0.05, 0.1) is 0 Å². The molecule has 0 aromatic heterocycles. The van der Waals surface area contributed by atoms with Crippen LogP contribution in [0.1, 0.15) is 104 Å². The Balaban J connectivity index is 3.36. The molecule has 0 fully saturated rings. The van der Waals surface area contributed by atoms with Gasteiger partial charge in [-0.1, -0.05) is 84.5 Å². The highest BCUT2D eigenvalue weighted by molar-refractivity contribution is 5.75. The van der Waals surface area contributed by atoms with Crippen LogP contribution in [0.4, 0.5) is 0 Å². The standard InChI is InChI=1S/C19H39NO/c1-4-6-8-10-12-13-15-17-19(21)20(3)18-16-14-11-9-7-5-2/h4-18H2,1-3H3. The van der Waals surface area contributed by atoms with Crippen molar-refractivity contribution < 1.29 is 4.79 Å². The van der Waals surface area contributed by atoms with Crippen LogP contribution >= 0.6 is 0 Å². The number of rotatable bonds is 15. The van der Waals surface area contributed by atoms with E-state index in [1.165, 1.54) is 77.0 Å². The molecular formula is C19H39NO. The summed E-state index contributed by atoms with van der Waals surface area (Å²) >= 11 is 0. The molecule has 0 radical (unpaired) electrons. The SMILES string of the molecule is CCCCCCCCCC(=O)N(C)CCCCCCCC. The van der Waals surface area contributed by atoms with Crippen LogP contribution < -0.4 is 0 Å². The van der Waals surface area contributed by atoms with Crippen LogP contribution in [0.2, 0.25) is 0 Å². The van der Waals surface area contributed by atoms with Crippen molar-refractivity contribution in [3.8, 4) is 0 Å². The number of carbonyl (C=O) groups excluding carboxylic acids is 1. The van der Waals surface area contributed by atoms with Crippen molar-refractivity contribution in [3.05, 3.63) is 0 Å². The van der Waals surface area contributed by atoms with Gasteiger partial charge in [0.2, 0.25) is 5.91 Å². The summed E-state index contributed by atoms with van der Waals surface area (Å²) in [7, 11) is 1.97. The van der Waals surface area contributed by atoms with Crippen LogP contribution in [0, 0.1) is 0 Å². The summed E-state index contributed by atoms with van der Waals surface area (Å²) in [6.07, 6.45) is 17.5. The highest BCUT2D eigenvalue weighted by Gasteiger charge is 2.07. The zero-order valence-electron chi connectivity index (χ0n) is 15.0. The number of hydrogen-bond donors (Lipinski definition) is 0. The fourth-order valence-electron chi connectivity index (χ4n) is 2.68. The third-order valence-corrected chi connectivity index (χ3v) is 4.27. The Kier molecular flexibility index (Phi) is 15.5. The molecule has 0 saturated heterocycles. The summed E-state index contributed by atoms with van der Waals surface area (Å²) in [4.78, 5) is 13.9. The molecule has 0 aliphatic heterocycles. The molecule has 21 heavy (non-hydrogen) atoms. The van der Waals surface area contributed by atoms with Gasteiger partial charge >= 0.3 is 0 Å². The van der Waals surface area contributed by atoms with Gasteiger partial charge in [0.25, 0.3) is 0 Å². The van der Waals surface area contributed by atoms with Crippen molar-refractivity contribution in [3.63, 3.8) is 0 Å². The number of unbranched alkanes of at least 4 members (excludes halogenated alkanes) is 11. The van der Waals surface area contributed by atoms with E-state index in [0.717, 1.165) is 19.4 Å². The van der Waals surface area contributed by atoms with Gasteiger partial charge in [-0.25, -0.2) is 0 Å². The Bertz CT molecular complexity index is 228. The highest BCUT2D eigenvalue weighted by atomic mass is 16.2. The van der Waals surface area contributed by atoms with Crippen molar-refractivity contribution >= 4 is 5.91 Å². The Morgan fingerprint density at radius 3 is 1.62 bits per heavy atom. The lowest BCUT2D eigenvalue weighted by molar-refractivity contribution is -0.130. The minimum atomic E-state index is 0.345. The smallest absolute Gasteiger partial charge is 0.222 e. The third-order valence-electron chi connectivity index (χ3n) is 4.27. The molecule has 0 atom stereocenters. The lowest BCUT2D eigenvalue weighted by Gasteiger charge is -2.17. The predicted octanol–water partition coefficient (Wildman–Crippen LogP) is 5.95. The van der Waals surface area contributed by atoms with E-state index in [2.05, 4.69) is 13.8 Å². The van der Waals surface area contributed by atoms with Crippen LogP contribution in [0.25, 0.3) is 0 Å². The summed E-state index contributed by atoms with van der Waals surface area (Å²) < 4.78 is 0. The molecule has 0 saturated carbocycles. The summed E-state index contributed by atoms with van der Waals surface area (Å²) in [5, 5.41) is 0. The predicted molar refractivity (Wildman–Crippen MR) is 93.6 cm³/mol. The Hall–Kier alpha value is -0.530. The molecular weight excluding hydrogens is 258 g/mol. The van der Waals surface area contributed by atoms with E-state index in [9.17, 15) is 4.79 Å². The molecule has 0 aromatic rings. The molecule has 1 amide bonds. The van der Waals surface area contributed by atoms with Crippen LogP contribution in [-0.4, -0.2) is 24.4 Å². The molecule has 0 rings (SSSR count). The van der Waals surface area contributed by atoms with Crippen molar-refractivity contribution in [2.45, 2.75) is 104 Å². The van der Waals surface area contributed by atoms with E-state index in [4.69, 9.17) is 0 Å². The Morgan fingerprint density at radius 2 is 1.10 bits per heavy atom. The van der Waals surface area contributed by atoms with Gasteiger partial charge < -0.3 is 4.90 Å². The fourth-order valence-corrected chi connectivity index (χ4v) is 2.68. The minimum Gasteiger partial charge on any atom is -0.346 e. The molecule has 0 heterocycles. The van der Waals surface area contributed by atoms with Crippen molar-refractivity contribution in [1.82, 2.24) is 4.90 Å². The first kappa shape index (κ1) is 20.5. The maximum absolute atomic E-state index is 12.0. The second-order valence-corrected chi connectivity index (χ2v) is 6.45.